The fourth-order valence-corrected chi connectivity index (χ4v) is 7.71. The number of aromatic carboxylic acids is 1. The molecule has 1 heterocycles. The molecule has 1 fully saturated rings. The van der Waals surface area contributed by atoms with Crippen LogP contribution in [0.25, 0.3) is 0 Å². The summed E-state index contributed by atoms with van der Waals surface area (Å²) in [6, 6.07) is 26.7. The zero-order valence-corrected chi connectivity index (χ0v) is 30.2. The van der Waals surface area contributed by atoms with E-state index in [9.17, 15) is 19.5 Å². The SMILES string of the molecule is Cc1cc(C(=O)O)ccc1C(=O)OC(CCc1ccc(C(C)(C)C)c(NC(=O)CC2c3ccccc3Oc3ccccc32)c1)CC1CCCCC1. The van der Waals surface area contributed by atoms with E-state index in [1.165, 1.54) is 31.4 Å². The number of hydrogen-bond donors (Lipinski definition) is 2. The molecule has 7 nitrogen and oxygen atoms in total. The molecule has 4 aromatic carbocycles. The van der Waals surface area contributed by atoms with Crippen LogP contribution in [0.15, 0.2) is 84.9 Å². The normalized spacial score (nSPS) is 15.2. The number of amides is 1. The monoisotopic (exact) mass is 687 g/mol. The van der Waals surface area contributed by atoms with Crippen molar-refractivity contribution in [3.63, 3.8) is 0 Å². The number of carbonyl (C=O) groups excluding carboxylic acids is 2. The number of carboxylic acid groups (broad SMARTS) is 1. The van der Waals surface area contributed by atoms with E-state index in [1.807, 2.05) is 48.5 Å². The van der Waals surface area contributed by atoms with Gasteiger partial charge in [0.05, 0.1) is 11.1 Å². The molecule has 0 saturated heterocycles. The third-order valence-electron chi connectivity index (χ3n) is 10.4. The molecule has 0 radical (unpaired) electrons. The van der Waals surface area contributed by atoms with E-state index in [1.54, 1.807) is 13.0 Å². The number of aryl methyl sites for hydroxylation is 2. The van der Waals surface area contributed by atoms with Gasteiger partial charge in [-0.25, -0.2) is 9.59 Å². The summed E-state index contributed by atoms with van der Waals surface area (Å²) in [7, 11) is 0. The second-order valence-corrected chi connectivity index (χ2v) is 15.3. The minimum Gasteiger partial charge on any atom is -0.478 e. The van der Waals surface area contributed by atoms with Crippen molar-refractivity contribution < 1.29 is 29.0 Å². The molecule has 0 spiro atoms. The molecule has 1 atom stereocenters. The lowest BCUT2D eigenvalue weighted by atomic mass is 9.83. The zero-order chi connectivity index (χ0) is 36.1. The number of fused-ring (bicyclic) bond motifs is 2. The number of hydrogen-bond acceptors (Lipinski definition) is 5. The van der Waals surface area contributed by atoms with Gasteiger partial charge >= 0.3 is 11.9 Å². The summed E-state index contributed by atoms with van der Waals surface area (Å²) in [5.74, 6) is 0.419. The number of carboxylic acids is 1. The van der Waals surface area contributed by atoms with Gasteiger partial charge in [0, 0.05) is 29.2 Å². The molecular weight excluding hydrogens is 638 g/mol. The van der Waals surface area contributed by atoms with Gasteiger partial charge in [-0.15, -0.1) is 0 Å². The van der Waals surface area contributed by atoms with Gasteiger partial charge in [-0.3, -0.25) is 4.79 Å². The summed E-state index contributed by atoms with van der Waals surface area (Å²) in [4.78, 5) is 38.8. The maximum Gasteiger partial charge on any atom is 0.338 e. The number of para-hydroxylation sites is 2. The molecule has 6 rings (SSSR count). The Bertz CT molecular complexity index is 1850. The molecule has 4 aromatic rings. The van der Waals surface area contributed by atoms with E-state index in [4.69, 9.17) is 9.47 Å². The third kappa shape index (κ3) is 8.70. The number of carbonyl (C=O) groups is 3. The number of ether oxygens (including phenoxy) is 2. The fraction of sp³-hybridized carbons (Fsp3) is 0.386. The summed E-state index contributed by atoms with van der Waals surface area (Å²) in [6.07, 6.45) is 8.03. The van der Waals surface area contributed by atoms with Gasteiger partial charge in [-0.2, -0.15) is 0 Å². The average Bonchev–Trinajstić information content (AvgIpc) is 3.10. The highest BCUT2D eigenvalue weighted by Crippen LogP contribution is 2.45. The third-order valence-corrected chi connectivity index (χ3v) is 10.4. The minimum atomic E-state index is -1.03. The van der Waals surface area contributed by atoms with Gasteiger partial charge in [0.15, 0.2) is 0 Å². The van der Waals surface area contributed by atoms with Gasteiger partial charge < -0.3 is 19.9 Å². The highest BCUT2D eigenvalue weighted by molar-refractivity contribution is 5.94. The quantitative estimate of drug-likeness (QED) is 0.152. The van der Waals surface area contributed by atoms with E-state index < -0.39 is 11.9 Å². The first kappa shape index (κ1) is 35.9. The Kier molecular flexibility index (Phi) is 10.9. The van der Waals surface area contributed by atoms with E-state index in [2.05, 4.69) is 44.3 Å². The van der Waals surface area contributed by atoms with Crippen LogP contribution in [0.1, 0.15) is 127 Å². The largest absolute Gasteiger partial charge is 0.478 e. The number of rotatable bonds is 11. The Morgan fingerprint density at radius 2 is 1.55 bits per heavy atom. The minimum absolute atomic E-state index is 0.0671. The second kappa shape index (κ2) is 15.5. The topological polar surface area (TPSA) is 102 Å². The lowest BCUT2D eigenvalue weighted by molar-refractivity contribution is -0.116. The van der Waals surface area contributed by atoms with E-state index in [0.717, 1.165) is 58.7 Å². The van der Waals surface area contributed by atoms with E-state index in [0.29, 0.717) is 29.9 Å². The number of nitrogens with one attached hydrogen (secondary N) is 1. The molecule has 2 aliphatic rings. The van der Waals surface area contributed by atoms with Crippen molar-refractivity contribution in [2.24, 2.45) is 5.92 Å². The molecule has 1 aliphatic heterocycles. The van der Waals surface area contributed by atoms with Crippen LogP contribution in [-0.4, -0.2) is 29.1 Å². The summed E-state index contributed by atoms with van der Waals surface area (Å²) in [5, 5.41) is 12.7. The van der Waals surface area contributed by atoms with E-state index >= 15 is 0 Å². The molecular formula is C44H49NO6. The van der Waals surface area contributed by atoms with Gasteiger partial charge in [-0.1, -0.05) is 101 Å². The molecule has 1 unspecified atom stereocenters. The van der Waals surface area contributed by atoms with Gasteiger partial charge in [-0.05, 0) is 90.6 Å². The molecule has 7 heteroatoms. The number of anilines is 1. The summed E-state index contributed by atoms with van der Waals surface area (Å²) < 4.78 is 12.4. The number of benzene rings is 4. The summed E-state index contributed by atoms with van der Waals surface area (Å²) in [5.41, 5.74) is 5.84. The van der Waals surface area contributed by atoms with Crippen LogP contribution in [-0.2, 0) is 21.4 Å². The molecule has 51 heavy (non-hydrogen) atoms. The van der Waals surface area contributed by atoms with Crippen LogP contribution in [0.5, 0.6) is 11.5 Å². The molecule has 0 aromatic heterocycles. The molecule has 1 aliphatic carbocycles. The Hall–Kier alpha value is -4.91. The van der Waals surface area contributed by atoms with Crippen molar-refractivity contribution in [1.29, 1.82) is 0 Å². The van der Waals surface area contributed by atoms with Crippen molar-refractivity contribution >= 4 is 23.5 Å². The van der Waals surface area contributed by atoms with Crippen LogP contribution in [0, 0.1) is 12.8 Å². The van der Waals surface area contributed by atoms with Gasteiger partial charge in [0.1, 0.15) is 17.6 Å². The maximum atomic E-state index is 13.9. The Morgan fingerprint density at radius 3 is 2.18 bits per heavy atom. The predicted octanol–water partition coefficient (Wildman–Crippen LogP) is 10.4. The molecule has 1 amide bonds. The highest BCUT2D eigenvalue weighted by atomic mass is 16.5. The summed E-state index contributed by atoms with van der Waals surface area (Å²) in [6.45, 7) is 8.18. The maximum absolute atomic E-state index is 13.9. The van der Waals surface area contributed by atoms with Crippen molar-refractivity contribution in [1.82, 2.24) is 0 Å². The Balaban J connectivity index is 1.20. The van der Waals surface area contributed by atoms with Gasteiger partial charge in [0.2, 0.25) is 5.91 Å². The van der Waals surface area contributed by atoms with Crippen LogP contribution in [0.2, 0.25) is 0 Å². The van der Waals surface area contributed by atoms with E-state index in [-0.39, 0.29) is 35.3 Å². The first-order valence-electron chi connectivity index (χ1n) is 18.3. The first-order valence-corrected chi connectivity index (χ1v) is 18.3. The van der Waals surface area contributed by atoms with Crippen molar-refractivity contribution in [2.45, 2.75) is 103 Å². The molecule has 266 valence electrons. The lowest BCUT2D eigenvalue weighted by Crippen LogP contribution is -2.24. The molecule has 2 N–H and O–H groups in total. The van der Waals surface area contributed by atoms with Crippen molar-refractivity contribution in [3.05, 3.63) is 124 Å². The summed E-state index contributed by atoms with van der Waals surface area (Å²) >= 11 is 0. The van der Waals surface area contributed by atoms with Crippen molar-refractivity contribution in [3.8, 4) is 11.5 Å². The van der Waals surface area contributed by atoms with Crippen molar-refractivity contribution in [2.75, 3.05) is 5.32 Å². The predicted molar refractivity (Wildman–Crippen MR) is 200 cm³/mol. The standard InChI is InChI=1S/C44H49NO6/c1-28-24-31(42(47)48)20-22-33(28)43(49)50-32(25-29-12-6-5-7-13-29)21-18-30-19-23-37(44(2,3)4)38(26-30)45-41(46)27-36-34-14-8-10-16-39(34)51-40-17-11-9-15-35(36)40/h8-11,14-17,19-20,22-24,26,29,32,36H,5-7,12-13,18,21,25,27H2,1-4H3,(H,45,46)(H,47,48). The molecule has 0 bridgehead atoms. The zero-order valence-electron chi connectivity index (χ0n) is 30.2. The second-order valence-electron chi connectivity index (χ2n) is 15.3. The average molecular weight is 688 g/mol. The highest BCUT2D eigenvalue weighted by Gasteiger charge is 2.30. The van der Waals surface area contributed by atoms with Crippen LogP contribution in [0.3, 0.4) is 0 Å². The van der Waals surface area contributed by atoms with Crippen LogP contribution < -0.4 is 10.1 Å². The first-order chi connectivity index (χ1) is 24.5. The fourth-order valence-electron chi connectivity index (χ4n) is 7.71. The van der Waals surface area contributed by atoms with Crippen LogP contribution in [0.4, 0.5) is 5.69 Å². The van der Waals surface area contributed by atoms with Crippen LogP contribution >= 0.6 is 0 Å². The smallest absolute Gasteiger partial charge is 0.338 e. The Labute approximate surface area is 301 Å². The Morgan fingerprint density at radius 1 is 0.882 bits per heavy atom. The number of esters is 1. The molecule has 1 saturated carbocycles. The van der Waals surface area contributed by atoms with Gasteiger partial charge in [0.25, 0.3) is 0 Å². The lowest BCUT2D eigenvalue weighted by Gasteiger charge is -2.29.